The SMILES string of the molecule is COCCOC(=O)N(c1cccc(C(F)(F)F)c1)S(=O)(=O)c1ncn(S(=O)(=O)N(C)C)n1. The van der Waals surface area contributed by atoms with Crippen LogP contribution in [-0.4, -0.2) is 75.8 Å². The summed E-state index contributed by atoms with van der Waals surface area (Å²) in [6, 6.07) is 2.87. The van der Waals surface area contributed by atoms with E-state index in [1.165, 1.54) is 7.11 Å². The number of carbonyl (C=O) groups is 1. The van der Waals surface area contributed by atoms with Crippen LogP contribution in [-0.2, 0) is 35.9 Å². The maximum Gasteiger partial charge on any atom is 0.428 e. The molecule has 0 saturated heterocycles. The monoisotopic (exact) mass is 501 g/mol. The van der Waals surface area contributed by atoms with Crippen LogP contribution in [0.1, 0.15) is 5.56 Å². The molecule has 0 aliphatic heterocycles. The molecule has 0 spiro atoms. The van der Waals surface area contributed by atoms with Crippen molar-refractivity contribution in [1.29, 1.82) is 0 Å². The number of hydrogen-bond acceptors (Lipinski definition) is 9. The number of anilines is 1. The summed E-state index contributed by atoms with van der Waals surface area (Å²) in [6.45, 7) is -0.548. The molecule has 32 heavy (non-hydrogen) atoms. The highest BCUT2D eigenvalue weighted by molar-refractivity contribution is 7.93. The molecule has 2 rings (SSSR count). The van der Waals surface area contributed by atoms with Gasteiger partial charge < -0.3 is 9.47 Å². The number of carbonyl (C=O) groups excluding carboxylic acids is 1. The van der Waals surface area contributed by atoms with Crippen molar-refractivity contribution in [3.8, 4) is 0 Å². The fraction of sp³-hybridized carbons (Fsp3) is 0.400. The van der Waals surface area contributed by atoms with E-state index in [1.54, 1.807) is 0 Å². The average Bonchev–Trinajstić information content (AvgIpc) is 3.19. The van der Waals surface area contributed by atoms with E-state index in [2.05, 4.69) is 14.8 Å². The second kappa shape index (κ2) is 9.39. The second-order valence-corrected chi connectivity index (χ2v) is 9.80. The fourth-order valence-electron chi connectivity index (χ4n) is 2.13. The van der Waals surface area contributed by atoms with E-state index in [0.717, 1.165) is 26.2 Å². The minimum atomic E-state index is -5.09. The van der Waals surface area contributed by atoms with Gasteiger partial charge in [-0.2, -0.15) is 38.6 Å². The van der Waals surface area contributed by atoms with E-state index in [1.807, 2.05) is 0 Å². The standard InChI is InChI=1S/C15H18F3N5O7S2/c1-21(2)32(27,28)22-10-19-13(20-22)31(25,26)23(14(24)30-8-7-29-3)12-6-4-5-11(9-12)15(16,17)18/h4-6,9-10H,7-8H2,1-3H3. The van der Waals surface area contributed by atoms with E-state index in [4.69, 9.17) is 4.74 Å². The van der Waals surface area contributed by atoms with Crippen molar-refractivity contribution in [2.24, 2.45) is 0 Å². The molecule has 0 unspecified atom stereocenters. The van der Waals surface area contributed by atoms with Crippen LogP contribution in [0.4, 0.5) is 23.7 Å². The van der Waals surface area contributed by atoms with Gasteiger partial charge in [0.2, 0.25) is 0 Å². The largest absolute Gasteiger partial charge is 0.446 e. The second-order valence-electron chi connectivity index (χ2n) is 6.11. The molecule has 2 aromatic rings. The molecule has 0 aliphatic rings. The molecule has 0 bridgehead atoms. The lowest BCUT2D eigenvalue weighted by atomic mass is 10.2. The number of benzene rings is 1. The Bertz CT molecular complexity index is 1180. The van der Waals surface area contributed by atoms with Crippen LogP contribution in [0.15, 0.2) is 35.7 Å². The molecule has 1 amide bonds. The molecule has 17 heteroatoms. The number of sulfonamides is 1. The van der Waals surface area contributed by atoms with Gasteiger partial charge in [-0.05, 0) is 18.2 Å². The third kappa shape index (κ3) is 5.34. The number of alkyl halides is 3. The van der Waals surface area contributed by atoms with Crippen molar-refractivity contribution in [3.05, 3.63) is 36.2 Å². The van der Waals surface area contributed by atoms with Gasteiger partial charge in [-0.15, -0.1) is 9.19 Å². The number of hydrogen-bond donors (Lipinski definition) is 0. The van der Waals surface area contributed by atoms with Crippen molar-refractivity contribution in [2.75, 3.05) is 38.7 Å². The Morgan fingerprint density at radius 2 is 1.81 bits per heavy atom. The lowest BCUT2D eigenvalue weighted by Gasteiger charge is -2.21. The average molecular weight is 501 g/mol. The van der Waals surface area contributed by atoms with E-state index in [9.17, 15) is 34.8 Å². The molecular formula is C15H18F3N5O7S2. The van der Waals surface area contributed by atoms with Crippen molar-refractivity contribution >= 4 is 32.0 Å². The number of rotatable bonds is 8. The Kier molecular flexibility index (Phi) is 7.48. The lowest BCUT2D eigenvalue weighted by Crippen LogP contribution is -2.39. The number of nitrogens with zero attached hydrogens (tertiary/aromatic N) is 5. The molecule has 1 aromatic carbocycles. The van der Waals surface area contributed by atoms with Gasteiger partial charge in [0.1, 0.15) is 12.9 Å². The molecular weight excluding hydrogens is 483 g/mol. The molecule has 0 aliphatic carbocycles. The Labute approximate surface area is 181 Å². The van der Waals surface area contributed by atoms with Gasteiger partial charge in [-0.25, -0.2) is 9.78 Å². The van der Waals surface area contributed by atoms with Gasteiger partial charge in [-0.1, -0.05) is 6.07 Å². The zero-order valence-corrected chi connectivity index (χ0v) is 18.5. The van der Waals surface area contributed by atoms with Gasteiger partial charge >= 0.3 is 32.5 Å². The van der Waals surface area contributed by atoms with Crippen LogP contribution in [0.3, 0.4) is 0 Å². The highest BCUT2D eigenvalue weighted by Crippen LogP contribution is 2.33. The Balaban J connectivity index is 2.60. The van der Waals surface area contributed by atoms with Crippen LogP contribution in [0, 0.1) is 0 Å². The number of halogens is 3. The van der Waals surface area contributed by atoms with Gasteiger partial charge in [0.25, 0.3) is 5.16 Å². The molecule has 0 fully saturated rings. The Morgan fingerprint density at radius 1 is 1.16 bits per heavy atom. The van der Waals surface area contributed by atoms with E-state index in [0.29, 0.717) is 22.8 Å². The molecule has 0 saturated carbocycles. The van der Waals surface area contributed by atoms with Crippen molar-refractivity contribution in [3.63, 3.8) is 0 Å². The zero-order valence-electron chi connectivity index (χ0n) is 16.8. The van der Waals surface area contributed by atoms with Crippen molar-refractivity contribution in [1.82, 2.24) is 18.5 Å². The lowest BCUT2D eigenvalue weighted by molar-refractivity contribution is -0.137. The van der Waals surface area contributed by atoms with Crippen LogP contribution < -0.4 is 4.31 Å². The van der Waals surface area contributed by atoms with Crippen LogP contribution in [0.2, 0.25) is 0 Å². The summed E-state index contributed by atoms with van der Waals surface area (Å²) in [6.07, 6.45) is -5.86. The molecule has 1 aromatic heterocycles. The minimum Gasteiger partial charge on any atom is -0.446 e. The summed E-state index contributed by atoms with van der Waals surface area (Å²) in [5.41, 5.74) is -1.97. The first-order valence-electron chi connectivity index (χ1n) is 8.46. The first-order chi connectivity index (χ1) is 14.7. The van der Waals surface area contributed by atoms with E-state index >= 15 is 0 Å². The smallest absolute Gasteiger partial charge is 0.428 e. The molecule has 0 N–H and O–H groups in total. The highest BCUT2D eigenvalue weighted by Gasteiger charge is 2.38. The van der Waals surface area contributed by atoms with E-state index < -0.39 is 55.5 Å². The first-order valence-corrected chi connectivity index (χ1v) is 11.3. The number of amides is 1. The van der Waals surface area contributed by atoms with Crippen molar-refractivity contribution in [2.45, 2.75) is 11.3 Å². The summed E-state index contributed by atoms with van der Waals surface area (Å²) in [7, 11) is -5.78. The maximum atomic E-state index is 13.1. The molecule has 0 atom stereocenters. The van der Waals surface area contributed by atoms with Gasteiger partial charge in [-0.3, -0.25) is 0 Å². The third-order valence-electron chi connectivity index (χ3n) is 3.71. The number of aromatic nitrogens is 3. The summed E-state index contributed by atoms with van der Waals surface area (Å²) >= 11 is 0. The van der Waals surface area contributed by atoms with Gasteiger partial charge in [0.05, 0.1) is 17.9 Å². The number of methoxy groups -OCH3 is 1. The minimum absolute atomic E-state index is 0.0974. The highest BCUT2D eigenvalue weighted by atomic mass is 32.2. The van der Waals surface area contributed by atoms with Gasteiger partial charge in [0.15, 0.2) is 0 Å². The molecule has 12 nitrogen and oxygen atoms in total. The molecule has 178 valence electrons. The topological polar surface area (TPSA) is 141 Å². The summed E-state index contributed by atoms with van der Waals surface area (Å²) < 4.78 is 99.9. The Morgan fingerprint density at radius 3 is 2.38 bits per heavy atom. The first kappa shape index (κ1) is 25.5. The van der Waals surface area contributed by atoms with Crippen molar-refractivity contribution < 1.29 is 44.3 Å². The van der Waals surface area contributed by atoms with Crippen LogP contribution >= 0.6 is 0 Å². The summed E-state index contributed by atoms with van der Waals surface area (Å²) in [5.74, 6) is 0. The van der Waals surface area contributed by atoms with E-state index in [-0.39, 0.29) is 15.0 Å². The zero-order chi connectivity index (χ0) is 24.3. The van der Waals surface area contributed by atoms with Crippen LogP contribution in [0.25, 0.3) is 0 Å². The maximum absolute atomic E-state index is 13.1. The summed E-state index contributed by atoms with van der Waals surface area (Å²) in [5, 5.41) is 2.20. The summed E-state index contributed by atoms with van der Waals surface area (Å²) in [4.78, 5) is 15.9. The fourth-order valence-corrected chi connectivity index (χ4v) is 4.04. The normalized spacial score (nSPS) is 12.7. The quantitative estimate of drug-likeness (QED) is 0.483. The Hall–Kier alpha value is -2.76. The van der Waals surface area contributed by atoms with Gasteiger partial charge in [0, 0.05) is 21.2 Å². The molecule has 1 heterocycles. The predicted octanol–water partition coefficient (Wildman–Crippen LogP) is 0.930. The molecule has 0 radical (unpaired) electrons. The predicted molar refractivity (Wildman–Crippen MR) is 102 cm³/mol. The van der Waals surface area contributed by atoms with Crippen LogP contribution in [0.5, 0.6) is 0 Å². The third-order valence-corrected chi connectivity index (χ3v) is 6.77. The number of ether oxygens (including phenoxy) is 2.